The van der Waals surface area contributed by atoms with Crippen LogP contribution in [-0.2, 0) is 4.79 Å². The van der Waals surface area contributed by atoms with Crippen LogP contribution in [0.5, 0.6) is 0 Å². The molecule has 0 unspecified atom stereocenters. The van der Waals surface area contributed by atoms with E-state index in [1.54, 1.807) is 24.3 Å². The fraction of sp³-hybridized carbons (Fsp3) is 0.235. The molecule has 0 bridgehead atoms. The maximum absolute atomic E-state index is 13.6. The van der Waals surface area contributed by atoms with E-state index >= 15 is 0 Å². The van der Waals surface area contributed by atoms with Crippen LogP contribution in [0.2, 0.25) is 0 Å². The van der Waals surface area contributed by atoms with Crippen molar-refractivity contribution in [3.8, 4) is 0 Å². The topological polar surface area (TPSA) is 109 Å². The number of allylic oxidation sites excluding steroid dienone is 2. The van der Waals surface area contributed by atoms with Gasteiger partial charge in [0.2, 0.25) is 0 Å². The molecular formula is C17H20FN5O2. The number of carbonyl (C=O) groups excluding carboxylic acids is 2. The molecule has 0 aromatic heterocycles. The van der Waals surface area contributed by atoms with Crippen LogP contribution in [0.1, 0.15) is 28.8 Å². The Balaban J connectivity index is 2.05. The lowest BCUT2D eigenvalue weighted by atomic mass is 10.1. The zero-order valence-electron chi connectivity index (χ0n) is 14.0. The number of anilines is 1. The van der Waals surface area contributed by atoms with Gasteiger partial charge in [-0.25, -0.2) is 4.39 Å². The number of hydrogen-bond donors (Lipinski definition) is 4. The van der Waals surface area contributed by atoms with Crippen LogP contribution in [-0.4, -0.2) is 24.8 Å². The molecule has 132 valence electrons. The van der Waals surface area contributed by atoms with Gasteiger partial charge < -0.3 is 11.1 Å². The molecule has 7 nitrogen and oxygen atoms in total. The van der Waals surface area contributed by atoms with E-state index in [1.807, 2.05) is 6.92 Å². The minimum atomic E-state index is -0.699. The normalized spacial score (nSPS) is 14.3. The van der Waals surface area contributed by atoms with Crippen LogP contribution >= 0.6 is 0 Å². The number of hydrogen-bond acceptors (Lipinski definition) is 3. The highest BCUT2D eigenvalue weighted by atomic mass is 19.1. The second kappa shape index (κ2) is 8.09. The van der Waals surface area contributed by atoms with E-state index in [0.29, 0.717) is 17.7 Å². The first-order chi connectivity index (χ1) is 11.9. The smallest absolute Gasteiger partial charge is 0.272 e. The molecule has 1 aliphatic carbocycles. The Bertz CT molecular complexity index is 783. The first-order valence-electron chi connectivity index (χ1n) is 7.68. The number of guanidine groups is 1. The fourth-order valence-corrected chi connectivity index (χ4v) is 2.18. The van der Waals surface area contributed by atoms with Gasteiger partial charge in [-0.3, -0.25) is 25.4 Å². The van der Waals surface area contributed by atoms with Crippen LogP contribution in [0, 0.1) is 6.92 Å². The first kappa shape index (κ1) is 18.2. The highest BCUT2D eigenvalue weighted by Gasteiger charge is 2.16. The largest absolute Gasteiger partial charge is 0.370 e. The molecule has 25 heavy (non-hydrogen) atoms. The summed E-state index contributed by atoms with van der Waals surface area (Å²) in [5.74, 6) is -1.52. The van der Waals surface area contributed by atoms with Gasteiger partial charge >= 0.3 is 0 Å². The molecule has 0 saturated carbocycles. The summed E-state index contributed by atoms with van der Waals surface area (Å²) in [5, 5.41) is 2.87. The van der Waals surface area contributed by atoms with Crippen molar-refractivity contribution in [3.63, 3.8) is 0 Å². The Morgan fingerprint density at radius 1 is 1.24 bits per heavy atom. The van der Waals surface area contributed by atoms with Gasteiger partial charge in [-0.1, -0.05) is 18.2 Å². The van der Waals surface area contributed by atoms with E-state index in [0.717, 1.165) is 5.56 Å². The molecule has 8 heteroatoms. The minimum absolute atomic E-state index is 0.0789. The number of benzene rings is 1. The van der Waals surface area contributed by atoms with Crippen LogP contribution in [0.3, 0.4) is 0 Å². The van der Waals surface area contributed by atoms with Gasteiger partial charge in [0.05, 0.1) is 5.57 Å². The highest BCUT2D eigenvalue weighted by molar-refractivity contribution is 6.01. The predicted molar refractivity (Wildman–Crippen MR) is 94.5 cm³/mol. The van der Waals surface area contributed by atoms with E-state index < -0.39 is 17.6 Å². The van der Waals surface area contributed by atoms with Gasteiger partial charge in [0, 0.05) is 24.7 Å². The summed E-state index contributed by atoms with van der Waals surface area (Å²) in [7, 11) is 1.54. The molecule has 0 heterocycles. The summed E-state index contributed by atoms with van der Waals surface area (Å²) in [5.41, 5.74) is 11.8. The van der Waals surface area contributed by atoms with Gasteiger partial charge in [0.15, 0.2) is 5.96 Å². The summed E-state index contributed by atoms with van der Waals surface area (Å²) < 4.78 is 13.6. The summed E-state index contributed by atoms with van der Waals surface area (Å²) in [6.07, 6.45) is 3.84. The van der Waals surface area contributed by atoms with Crippen molar-refractivity contribution in [2.75, 3.05) is 12.4 Å². The number of amides is 2. The maximum atomic E-state index is 13.6. The second-order valence-electron chi connectivity index (χ2n) is 5.43. The molecular weight excluding hydrogens is 325 g/mol. The number of nitrogens with two attached hydrogens (primary N) is 1. The van der Waals surface area contributed by atoms with Crippen molar-refractivity contribution in [2.45, 2.75) is 19.8 Å². The van der Waals surface area contributed by atoms with Crippen molar-refractivity contribution in [1.29, 1.82) is 0 Å². The molecule has 5 N–H and O–H groups in total. The van der Waals surface area contributed by atoms with E-state index in [4.69, 9.17) is 5.73 Å². The molecule has 2 amide bonds. The molecule has 0 saturated heterocycles. The Labute approximate surface area is 144 Å². The number of nitrogens with zero attached hydrogens (tertiary/aromatic N) is 1. The molecule has 2 rings (SSSR count). The average molecular weight is 345 g/mol. The number of aryl methyl sites for hydroxylation is 1. The lowest BCUT2D eigenvalue weighted by Gasteiger charge is -2.13. The third-order valence-electron chi connectivity index (χ3n) is 3.64. The maximum Gasteiger partial charge on any atom is 0.272 e. The van der Waals surface area contributed by atoms with Crippen molar-refractivity contribution in [3.05, 3.63) is 52.9 Å². The second-order valence-corrected chi connectivity index (χ2v) is 5.43. The lowest BCUT2D eigenvalue weighted by Crippen LogP contribution is -2.42. The van der Waals surface area contributed by atoms with Crippen LogP contribution < -0.4 is 21.9 Å². The zero-order chi connectivity index (χ0) is 18.4. The van der Waals surface area contributed by atoms with Crippen LogP contribution in [0.25, 0.3) is 0 Å². The van der Waals surface area contributed by atoms with Gasteiger partial charge in [0.25, 0.3) is 11.8 Å². The molecule has 1 aliphatic rings. The third-order valence-corrected chi connectivity index (χ3v) is 3.64. The summed E-state index contributed by atoms with van der Waals surface area (Å²) in [6, 6.07) is 4.91. The number of carbonyl (C=O) groups is 2. The summed E-state index contributed by atoms with van der Waals surface area (Å²) in [4.78, 5) is 27.9. The number of rotatable bonds is 3. The summed E-state index contributed by atoms with van der Waals surface area (Å²) >= 11 is 0. The molecule has 1 aromatic carbocycles. The van der Waals surface area contributed by atoms with Gasteiger partial charge in [-0.05, 0) is 31.0 Å². The monoisotopic (exact) mass is 345 g/mol. The first-order valence-corrected chi connectivity index (χ1v) is 7.68. The van der Waals surface area contributed by atoms with Gasteiger partial charge in [-0.15, -0.1) is 0 Å². The van der Waals surface area contributed by atoms with Crippen molar-refractivity contribution in [1.82, 2.24) is 10.9 Å². The number of nitrogens with one attached hydrogen (secondary N) is 3. The highest BCUT2D eigenvalue weighted by Crippen LogP contribution is 2.20. The van der Waals surface area contributed by atoms with Crippen LogP contribution in [0.15, 0.2) is 46.7 Å². The van der Waals surface area contributed by atoms with Crippen LogP contribution in [0.4, 0.5) is 10.1 Å². The SMILES string of the molecule is CN=C(N)Nc1cc(C(=O)NNC(=O)C2=C(F)CCC=C2)ccc1C. The van der Waals surface area contributed by atoms with Gasteiger partial charge in [0.1, 0.15) is 5.83 Å². The Hall–Kier alpha value is -3.16. The van der Waals surface area contributed by atoms with Crippen molar-refractivity contribution < 1.29 is 14.0 Å². The Kier molecular flexibility index (Phi) is 5.89. The third kappa shape index (κ3) is 4.66. The number of aliphatic imine (C=N–C) groups is 1. The summed E-state index contributed by atoms with van der Waals surface area (Å²) in [6.45, 7) is 1.85. The predicted octanol–water partition coefficient (Wildman–Crippen LogP) is 1.69. The quantitative estimate of drug-likeness (QED) is 0.380. The lowest BCUT2D eigenvalue weighted by molar-refractivity contribution is -0.118. The van der Waals surface area contributed by atoms with Crippen molar-refractivity contribution in [2.24, 2.45) is 10.7 Å². The average Bonchev–Trinajstić information content (AvgIpc) is 2.61. The Morgan fingerprint density at radius 3 is 2.64 bits per heavy atom. The minimum Gasteiger partial charge on any atom is -0.370 e. The van der Waals surface area contributed by atoms with E-state index in [9.17, 15) is 14.0 Å². The molecule has 0 fully saturated rings. The molecule has 0 radical (unpaired) electrons. The zero-order valence-corrected chi connectivity index (χ0v) is 14.0. The molecule has 0 spiro atoms. The molecule has 0 aliphatic heterocycles. The Morgan fingerprint density at radius 2 is 1.96 bits per heavy atom. The molecule has 0 atom stereocenters. The van der Waals surface area contributed by atoms with E-state index in [1.165, 1.54) is 13.1 Å². The van der Waals surface area contributed by atoms with Gasteiger partial charge in [-0.2, -0.15) is 0 Å². The van der Waals surface area contributed by atoms with Crippen molar-refractivity contribution >= 4 is 23.5 Å². The molecule has 1 aromatic rings. The number of hydrazine groups is 1. The number of halogens is 1. The van der Waals surface area contributed by atoms with E-state index in [-0.39, 0.29) is 18.0 Å². The van der Waals surface area contributed by atoms with E-state index in [2.05, 4.69) is 21.2 Å². The fourth-order valence-electron chi connectivity index (χ4n) is 2.18. The standard InChI is InChI=1S/C17H20FN5O2/c1-10-7-8-11(9-14(10)21-17(19)20-2)15(24)22-23-16(25)12-5-3-4-6-13(12)18/h3,5,7-9H,4,6H2,1-2H3,(H,22,24)(H,23,25)(H3,19,20,21).